The number of pyridine rings is 1. The fourth-order valence-electron chi connectivity index (χ4n) is 0.896. The second-order valence-corrected chi connectivity index (χ2v) is 2.37. The van der Waals surface area contributed by atoms with Crippen LogP contribution >= 0.6 is 0 Å². The highest BCUT2D eigenvalue weighted by molar-refractivity contribution is 5.94. The molecule has 5 nitrogen and oxygen atoms in total. The summed E-state index contributed by atoms with van der Waals surface area (Å²) in [7, 11) is 0. The number of hydrazine groups is 1. The van der Waals surface area contributed by atoms with Gasteiger partial charge in [0.05, 0.1) is 5.56 Å². The van der Waals surface area contributed by atoms with Gasteiger partial charge in [0.25, 0.3) is 5.91 Å². The van der Waals surface area contributed by atoms with Crippen molar-refractivity contribution < 1.29 is 4.79 Å². The molecule has 0 atom stereocenters. The number of carbonyl (C=O) groups is 1. The molecule has 0 radical (unpaired) electrons. The minimum atomic E-state index is -0.413. The van der Waals surface area contributed by atoms with Crippen LogP contribution < -0.4 is 16.8 Å². The Morgan fingerprint density at radius 1 is 1.67 bits per heavy atom. The fourth-order valence-corrected chi connectivity index (χ4v) is 0.896. The van der Waals surface area contributed by atoms with Crippen LogP contribution in [0, 0.1) is 6.92 Å². The predicted octanol–water partition coefficient (Wildman–Crippen LogP) is -0.713. The highest BCUT2D eigenvalue weighted by atomic mass is 16.2. The maximum atomic E-state index is 11.0. The number of nitrogen functional groups attached to an aromatic ring is 1. The molecule has 64 valence electrons. The van der Waals surface area contributed by atoms with Crippen molar-refractivity contribution in [2.24, 2.45) is 5.84 Å². The van der Waals surface area contributed by atoms with Crippen LogP contribution in [0.4, 0.5) is 0 Å². The number of hydrogen-bond donors (Lipinski definition) is 3. The Labute approximate surface area is 68.6 Å². The molecule has 1 aromatic heterocycles. The monoisotopic (exact) mass is 167 g/mol. The van der Waals surface area contributed by atoms with E-state index in [1.807, 2.05) is 5.43 Å². The summed E-state index contributed by atoms with van der Waals surface area (Å²) in [6.45, 7) is 1.67. The van der Waals surface area contributed by atoms with Gasteiger partial charge >= 0.3 is 0 Å². The first kappa shape index (κ1) is 8.48. The molecule has 12 heavy (non-hydrogen) atoms. The Kier molecular flexibility index (Phi) is 2.25. The number of amides is 1. The molecule has 1 amide bonds. The van der Waals surface area contributed by atoms with Crippen molar-refractivity contribution in [3.63, 3.8) is 0 Å². The number of rotatable bonds is 1. The molecule has 0 bridgehead atoms. The van der Waals surface area contributed by atoms with Crippen LogP contribution in [0.15, 0.2) is 17.1 Å². The van der Waals surface area contributed by atoms with Crippen molar-refractivity contribution in [1.82, 2.24) is 10.4 Å². The van der Waals surface area contributed by atoms with E-state index in [0.717, 1.165) is 0 Å². The standard InChI is InChI=1S/C7H9N3O2/c1-4-2-6(11)9-3-5(4)7(12)10-8/h2-3H,8H2,1H3,(H,9,11)(H,10,12). The molecule has 1 heterocycles. The Hall–Kier alpha value is -1.62. The zero-order valence-electron chi connectivity index (χ0n) is 6.55. The van der Waals surface area contributed by atoms with E-state index < -0.39 is 5.91 Å². The van der Waals surface area contributed by atoms with Crippen molar-refractivity contribution in [1.29, 1.82) is 0 Å². The molecular formula is C7H9N3O2. The number of nitrogens with two attached hydrogens (primary N) is 1. The maximum absolute atomic E-state index is 11.0. The molecule has 0 unspecified atom stereocenters. The molecule has 5 heteroatoms. The molecular weight excluding hydrogens is 158 g/mol. The SMILES string of the molecule is Cc1cc(=O)[nH]cc1C(=O)NN. The van der Waals surface area contributed by atoms with Gasteiger partial charge in [-0.1, -0.05) is 0 Å². The van der Waals surface area contributed by atoms with Gasteiger partial charge in [0.1, 0.15) is 0 Å². The summed E-state index contributed by atoms with van der Waals surface area (Å²) in [5.41, 5.74) is 2.72. The third-order valence-corrected chi connectivity index (χ3v) is 1.51. The van der Waals surface area contributed by atoms with Gasteiger partial charge in [-0.3, -0.25) is 15.0 Å². The van der Waals surface area contributed by atoms with E-state index >= 15 is 0 Å². The second-order valence-electron chi connectivity index (χ2n) is 2.37. The minimum absolute atomic E-state index is 0.235. The molecule has 1 aromatic rings. The summed E-state index contributed by atoms with van der Waals surface area (Å²) in [6.07, 6.45) is 1.33. The first-order valence-corrected chi connectivity index (χ1v) is 3.35. The summed E-state index contributed by atoms with van der Waals surface area (Å²) < 4.78 is 0. The average Bonchev–Trinajstić information content (AvgIpc) is 2.03. The number of aromatic nitrogens is 1. The third-order valence-electron chi connectivity index (χ3n) is 1.51. The number of H-pyrrole nitrogens is 1. The lowest BCUT2D eigenvalue weighted by atomic mass is 10.1. The smallest absolute Gasteiger partial charge is 0.266 e. The van der Waals surface area contributed by atoms with E-state index in [4.69, 9.17) is 5.84 Å². The first-order valence-electron chi connectivity index (χ1n) is 3.35. The van der Waals surface area contributed by atoms with Crippen molar-refractivity contribution in [3.8, 4) is 0 Å². The van der Waals surface area contributed by atoms with Gasteiger partial charge in [-0.25, -0.2) is 5.84 Å². The first-order chi connectivity index (χ1) is 5.65. The number of aromatic amines is 1. The summed E-state index contributed by atoms with van der Waals surface area (Å²) >= 11 is 0. The average molecular weight is 167 g/mol. The lowest BCUT2D eigenvalue weighted by Gasteiger charge is -2.01. The van der Waals surface area contributed by atoms with Gasteiger partial charge < -0.3 is 4.98 Å². The highest BCUT2D eigenvalue weighted by Gasteiger charge is 2.06. The van der Waals surface area contributed by atoms with Crippen LogP contribution in [-0.4, -0.2) is 10.9 Å². The molecule has 0 saturated heterocycles. The van der Waals surface area contributed by atoms with E-state index in [2.05, 4.69) is 4.98 Å². The van der Waals surface area contributed by atoms with Crippen LogP contribution in [0.1, 0.15) is 15.9 Å². The molecule has 0 spiro atoms. The third kappa shape index (κ3) is 1.51. The van der Waals surface area contributed by atoms with E-state index in [9.17, 15) is 9.59 Å². The predicted molar refractivity (Wildman–Crippen MR) is 43.5 cm³/mol. The number of hydrogen-bond acceptors (Lipinski definition) is 3. The molecule has 0 fully saturated rings. The lowest BCUT2D eigenvalue weighted by molar-refractivity contribution is 0.0952. The van der Waals surface area contributed by atoms with Crippen LogP contribution in [-0.2, 0) is 0 Å². The highest BCUT2D eigenvalue weighted by Crippen LogP contribution is 2.00. The Morgan fingerprint density at radius 2 is 2.33 bits per heavy atom. The van der Waals surface area contributed by atoms with Crippen molar-refractivity contribution in [3.05, 3.63) is 33.7 Å². The Morgan fingerprint density at radius 3 is 2.83 bits per heavy atom. The second kappa shape index (κ2) is 3.19. The molecule has 0 aromatic carbocycles. The Bertz CT molecular complexity index is 356. The van der Waals surface area contributed by atoms with Gasteiger partial charge in [-0.15, -0.1) is 0 Å². The van der Waals surface area contributed by atoms with E-state index in [1.165, 1.54) is 12.3 Å². The Balaban J connectivity index is 3.18. The zero-order chi connectivity index (χ0) is 9.14. The zero-order valence-corrected chi connectivity index (χ0v) is 6.55. The van der Waals surface area contributed by atoms with Crippen molar-refractivity contribution in [2.45, 2.75) is 6.92 Å². The van der Waals surface area contributed by atoms with Crippen molar-refractivity contribution >= 4 is 5.91 Å². The van der Waals surface area contributed by atoms with E-state index in [1.54, 1.807) is 6.92 Å². The molecule has 0 aliphatic rings. The number of carbonyl (C=O) groups excluding carboxylic acids is 1. The normalized spacial score (nSPS) is 9.50. The summed E-state index contributed by atoms with van der Waals surface area (Å²) in [6, 6.07) is 1.34. The topological polar surface area (TPSA) is 88.0 Å². The quantitative estimate of drug-likeness (QED) is 0.293. The minimum Gasteiger partial charge on any atom is -0.328 e. The summed E-state index contributed by atoms with van der Waals surface area (Å²) in [5, 5.41) is 0. The number of aryl methyl sites for hydroxylation is 1. The molecule has 1 rings (SSSR count). The molecule has 4 N–H and O–H groups in total. The van der Waals surface area contributed by atoms with Gasteiger partial charge in [0, 0.05) is 12.3 Å². The van der Waals surface area contributed by atoms with Crippen LogP contribution in [0.3, 0.4) is 0 Å². The van der Waals surface area contributed by atoms with Gasteiger partial charge in [0.15, 0.2) is 0 Å². The maximum Gasteiger partial charge on any atom is 0.266 e. The van der Waals surface area contributed by atoms with Crippen LogP contribution in [0.5, 0.6) is 0 Å². The van der Waals surface area contributed by atoms with Gasteiger partial charge in [0.2, 0.25) is 5.56 Å². The largest absolute Gasteiger partial charge is 0.328 e. The van der Waals surface area contributed by atoms with Gasteiger partial charge in [-0.2, -0.15) is 0 Å². The molecule has 0 aliphatic heterocycles. The molecule has 0 saturated carbocycles. The van der Waals surface area contributed by atoms with Crippen LogP contribution in [0.25, 0.3) is 0 Å². The van der Waals surface area contributed by atoms with Crippen molar-refractivity contribution in [2.75, 3.05) is 0 Å². The van der Waals surface area contributed by atoms with E-state index in [0.29, 0.717) is 11.1 Å². The van der Waals surface area contributed by atoms with E-state index in [-0.39, 0.29) is 5.56 Å². The summed E-state index contributed by atoms with van der Waals surface area (Å²) in [5.74, 6) is 4.51. The lowest BCUT2D eigenvalue weighted by Crippen LogP contribution is -2.31. The fraction of sp³-hybridized carbons (Fsp3) is 0.143. The molecule has 0 aliphatic carbocycles. The number of nitrogens with one attached hydrogen (secondary N) is 2. The van der Waals surface area contributed by atoms with Crippen LogP contribution in [0.2, 0.25) is 0 Å². The van der Waals surface area contributed by atoms with Gasteiger partial charge in [-0.05, 0) is 12.5 Å². The summed E-state index contributed by atoms with van der Waals surface area (Å²) in [4.78, 5) is 24.1.